The van der Waals surface area contributed by atoms with Gasteiger partial charge in [0.1, 0.15) is 11.4 Å². The predicted molar refractivity (Wildman–Crippen MR) is 70.5 cm³/mol. The third-order valence-electron chi connectivity index (χ3n) is 2.43. The number of hydrogen-bond acceptors (Lipinski definition) is 4. The summed E-state index contributed by atoms with van der Waals surface area (Å²) in [6, 6.07) is 11.6. The van der Waals surface area contributed by atoms with Crippen LogP contribution in [0.3, 0.4) is 0 Å². The monoisotopic (exact) mass is 272 g/mol. The van der Waals surface area contributed by atoms with Crippen molar-refractivity contribution in [1.82, 2.24) is 10.3 Å². The van der Waals surface area contributed by atoms with E-state index < -0.39 is 12.1 Å². The number of hydrogen-bond donors (Lipinski definition) is 2. The number of carbonyl (C=O) groups is 2. The first-order valence-corrected chi connectivity index (χ1v) is 5.84. The van der Waals surface area contributed by atoms with Gasteiger partial charge in [-0.15, -0.1) is 0 Å². The van der Waals surface area contributed by atoms with Crippen molar-refractivity contribution in [2.75, 3.05) is 0 Å². The molecular formula is C14H12N2O4. The average molecular weight is 272 g/mol. The van der Waals surface area contributed by atoms with E-state index in [1.807, 2.05) is 6.07 Å². The Morgan fingerprint density at radius 1 is 1.15 bits per heavy atom. The molecule has 0 aliphatic heterocycles. The Bertz CT molecular complexity index is 596. The average Bonchev–Trinajstić information content (AvgIpc) is 2.46. The van der Waals surface area contributed by atoms with Crippen LogP contribution in [0.25, 0.3) is 0 Å². The van der Waals surface area contributed by atoms with Gasteiger partial charge in [0.05, 0.1) is 0 Å². The second kappa shape index (κ2) is 6.33. The summed E-state index contributed by atoms with van der Waals surface area (Å²) in [4.78, 5) is 25.9. The van der Waals surface area contributed by atoms with Crippen molar-refractivity contribution in [2.45, 2.75) is 6.54 Å². The molecular weight excluding hydrogens is 260 g/mol. The highest BCUT2D eigenvalue weighted by molar-refractivity contribution is 5.85. The summed E-state index contributed by atoms with van der Waals surface area (Å²) in [6.07, 6.45) is 0.810. The van der Waals surface area contributed by atoms with E-state index in [-0.39, 0.29) is 12.2 Å². The maximum absolute atomic E-state index is 11.5. The molecule has 1 aromatic carbocycles. The zero-order valence-corrected chi connectivity index (χ0v) is 10.4. The number of carboxylic acid groups (broad SMARTS) is 1. The topological polar surface area (TPSA) is 88.5 Å². The molecule has 102 valence electrons. The number of rotatable bonds is 4. The lowest BCUT2D eigenvalue weighted by molar-refractivity contribution is 0.0690. The zero-order chi connectivity index (χ0) is 14.4. The number of carboxylic acids is 1. The van der Waals surface area contributed by atoms with E-state index in [0.717, 1.165) is 0 Å². The van der Waals surface area contributed by atoms with Gasteiger partial charge >= 0.3 is 12.1 Å². The van der Waals surface area contributed by atoms with Gasteiger partial charge in [-0.05, 0) is 23.8 Å². The van der Waals surface area contributed by atoms with Crippen LogP contribution in [0.15, 0.2) is 48.7 Å². The molecule has 0 radical (unpaired) electrons. The fourth-order valence-electron chi connectivity index (χ4n) is 1.46. The highest BCUT2D eigenvalue weighted by Gasteiger charge is 2.06. The van der Waals surface area contributed by atoms with Gasteiger partial charge in [0.2, 0.25) is 0 Å². The quantitative estimate of drug-likeness (QED) is 0.889. The summed E-state index contributed by atoms with van der Waals surface area (Å²) < 4.78 is 5.03. The number of ether oxygens (including phenoxy) is 1. The normalized spacial score (nSPS) is 9.80. The number of benzene rings is 1. The van der Waals surface area contributed by atoms with Crippen LogP contribution in [0.5, 0.6) is 5.75 Å². The number of amides is 1. The van der Waals surface area contributed by atoms with E-state index in [4.69, 9.17) is 9.84 Å². The summed E-state index contributed by atoms with van der Waals surface area (Å²) in [5.74, 6) is -0.641. The van der Waals surface area contributed by atoms with Crippen molar-refractivity contribution in [3.63, 3.8) is 0 Å². The Balaban J connectivity index is 1.85. The van der Waals surface area contributed by atoms with Crippen LogP contribution in [0.2, 0.25) is 0 Å². The molecule has 2 N–H and O–H groups in total. The van der Waals surface area contributed by atoms with Gasteiger partial charge in [-0.25, -0.2) is 14.6 Å². The summed E-state index contributed by atoms with van der Waals surface area (Å²) in [6.45, 7) is 0.207. The van der Waals surface area contributed by atoms with Gasteiger partial charge < -0.3 is 15.2 Å². The van der Waals surface area contributed by atoms with E-state index in [1.165, 1.54) is 12.3 Å². The van der Waals surface area contributed by atoms with Crippen LogP contribution in [0.1, 0.15) is 16.1 Å². The van der Waals surface area contributed by atoms with Crippen LogP contribution in [-0.2, 0) is 6.54 Å². The largest absolute Gasteiger partial charge is 0.477 e. The minimum absolute atomic E-state index is 0.0411. The third kappa shape index (κ3) is 3.81. The molecule has 6 heteroatoms. The van der Waals surface area contributed by atoms with Crippen molar-refractivity contribution >= 4 is 12.1 Å². The molecule has 20 heavy (non-hydrogen) atoms. The lowest BCUT2D eigenvalue weighted by Crippen LogP contribution is -2.26. The summed E-state index contributed by atoms with van der Waals surface area (Å²) in [5.41, 5.74) is 0.639. The molecule has 0 fully saturated rings. The van der Waals surface area contributed by atoms with Gasteiger partial charge in [0.25, 0.3) is 0 Å². The van der Waals surface area contributed by atoms with Crippen molar-refractivity contribution in [3.8, 4) is 5.75 Å². The van der Waals surface area contributed by atoms with Crippen molar-refractivity contribution in [2.24, 2.45) is 0 Å². The smallest absolute Gasteiger partial charge is 0.412 e. The van der Waals surface area contributed by atoms with Crippen LogP contribution in [0.4, 0.5) is 4.79 Å². The first kappa shape index (κ1) is 13.5. The Morgan fingerprint density at radius 2 is 1.90 bits per heavy atom. The van der Waals surface area contributed by atoms with Gasteiger partial charge in [0, 0.05) is 12.7 Å². The Hall–Kier alpha value is -2.89. The van der Waals surface area contributed by atoms with Crippen LogP contribution in [0, 0.1) is 0 Å². The van der Waals surface area contributed by atoms with Gasteiger partial charge in [0.15, 0.2) is 0 Å². The number of carbonyl (C=O) groups excluding carboxylic acids is 1. The van der Waals surface area contributed by atoms with E-state index in [1.54, 1.807) is 30.3 Å². The first-order chi connectivity index (χ1) is 9.65. The van der Waals surface area contributed by atoms with Crippen LogP contribution >= 0.6 is 0 Å². The fourth-order valence-corrected chi connectivity index (χ4v) is 1.46. The second-order valence-electron chi connectivity index (χ2n) is 3.91. The number of aromatic carboxylic acids is 1. The van der Waals surface area contributed by atoms with Crippen LogP contribution in [-0.4, -0.2) is 22.2 Å². The fraction of sp³-hybridized carbons (Fsp3) is 0.0714. The maximum Gasteiger partial charge on any atom is 0.412 e. The highest BCUT2D eigenvalue weighted by atomic mass is 16.6. The SMILES string of the molecule is O=C(NCc1ccc(C(=O)O)nc1)Oc1ccccc1. The molecule has 1 amide bonds. The molecule has 6 nitrogen and oxygen atoms in total. The number of para-hydroxylation sites is 1. The molecule has 0 bridgehead atoms. The third-order valence-corrected chi connectivity index (χ3v) is 2.43. The minimum Gasteiger partial charge on any atom is -0.477 e. The lowest BCUT2D eigenvalue weighted by Gasteiger charge is -2.06. The second-order valence-corrected chi connectivity index (χ2v) is 3.91. The molecule has 2 rings (SSSR count). The van der Waals surface area contributed by atoms with Crippen molar-refractivity contribution in [3.05, 3.63) is 59.9 Å². The number of nitrogens with zero attached hydrogens (tertiary/aromatic N) is 1. The standard InChI is InChI=1S/C14H12N2O4/c17-13(18)12-7-6-10(8-15-12)9-16-14(19)20-11-4-2-1-3-5-11/h1-8H,9H2,(H,16,19)(H,17,18). The number of pyridine rings is 1. The van der Waals surface area contributed by atoms with Gasteiger partial charge in [-0.2, -0.15) is 0 Å². The van der Waals surface area contributed by atoms with Crippen LogP contribution < -0.4 is 10.1 Å². The summed E-state index contributed by atoms with van der Waals surface area (Å²) >= 11 is 0. The van der Waals surface area contributed by atoms with Gasteiger partial charge in [-0.1, -0.05) is 24.3 Å². The summed E-state index contributed by atoms with van der Waals surface area (Å²) in [7, 11) is 0. The molecule has 1 heterocycles. The number of aromatic nitrogens is 1. The molecule has 0 aliphatic carbocycles. The number of nitrogens with one attached hydrogen (secondary N) is 1. The van der Waals surface area contributed by atoms with Crippen molar-refractivity contribution < 1.29 is 19.4 Å². The Morgan fingerprint density at radius 3 is 2.50 bits per heavy atom. The van der Waals surface area contributed by atoms with Gasteiger partial charge in [-0.3, -0.25) is 0 Å². The van der Waals surface area contributed by atoms with Crippen molar-refractivity contribution in [1.29, 1.82) is 0 Å². The van der Waals surface area contributed by atoms with E-state index in [2.05, 4.69) is 10.3 Å². The molecule has 1 aromatic heterocycles. The molecule has 0 spiro atoms. The Kier molecular flexibility index (Phi) is 4.28. The van der Waals surface area contributed by atoms with E-state index in [9.17, 15) is 9.59 Å². The predicted octanol–water partition coefficient (Wildman–Crippen LogP) is 2.07. The Labute approximate surface area is 115 Å². The molecule has 0 atom stereocenters. The minimum atomic E-state index is -1.09. The van der Waals surface area contributed by atoms with E-state index in [0.29, 0.717) is 11.3 Å². The molecule has 0 saturated heterocycles. The molecule has 0 saturated carbocycles. The van der Waals surface area contributed by atoms with E-state index >= 15 is 0 Å². The first-order valence-electron chi connectivity index (χ1n) is 5.84. The lowest BCUT2D eigenvalue weighted by atomic mass is 10.2. The summed E-state index contributed by atoms with van der Waals surface area (Å²) in [5, 5.41) is 11.3. The molecule has 2 aromatic rings. The molecule has 0 unspecified atom stereocenters. The maximum atomic E-state index is 11.5. The zero-order valence-electron chi connectivity index (χ0n) is 10.4. The molecule has 0 aliphatic rings. The highest BCUT2D eigenvalue weighted by Crippen LogP contribution is 2.08.